The number of hydrogen-bond acceptors (Lipinski definition) is 7. The smallest absolute Gasteiger partial charge is 0.320 e. The highest BCUT2D eigenvalue weighted by Gasteiger charge is 2.19. The van der Waals surface area contributed by atoms with E-state index in [1.54, 1.807) is 18.5 Å². The number of ether oxygens (including phenoxy) is 1. The number of anilines is 2. The van der Waals surface area contributed by atoms with Gasteiger partial charge in [0.05, 0.1) is 24.5 Å². The van der Waals surface area contributed by atoms with Crippen molar-refractivity contribution in [2.75, 3.05) is 43.1 Å². The molecular formula is C18H23N7O3. The van der Waals surface area contributed by atoms with Crippen LogP contribution in [0.1, 0.15) is 17.3 Å². The largest absolute Gasteiger partial charge is 0.378 e. The minimum absolute atomic E-state index is 0.320. The summed E-state index contributed by atoms with van der Waals surface area (Å²) in [5.41, 5.74) is 4.84. The second-order valence-electron chi connectivity index (χ2n) is 6.11. The Morgan fingerprint density at radius 1 is 1.21 bits per heavy atom. The van der Waals surface area contributed by atoms with Crippen molar-refractivity contribution in [1.82, 2.24) is 20.7 Å². The van der Waals surface area contributed by atoms with Crippen molar-refractivity contribution in [2.45, 2.75) is 6.92 Å². The summed E-state index contributed by atoms with van der Waals surface area (Å²) >= 11 is 0. The molecule has 2 aromatic rings. The second-order valence-corrected chi connectivity index (χ2v) is 6.11. The van der Waals surface area contributed by atoms with Gasteiger partial charge in [-0.3, -0.25) is 20.5 Å². The van der Waals surface area contributed by atoms with E-state index in [1.807, 2.05) is 13.0 Å². The van der Waals surface area contributed by atoms with E-state index in [0.29, 0.717) is 44.2 Å². The molecule has 1 aliphatic heterocycles. The number of urea groups is 1. The number of hydrogen-bond donors (Lipinski definition) is 4. The van der Waals surface area contributed by atoms with Crippen LogP contribution < -0.4 is 26.8 Å². The molecule has 10 heteroatoms. The molecule has 0 bridgehead atoms. The lowest BCUT2D eigenvalue weighted by Crippen LogP contribution is -2.36. The fraction of sp³-hybridized carbons (Fsp3) is 0.333. The van der Waals surface area contributed by atoms with Crippen molar-refractivity contribution in [3.63, 3.8) is 0 Å². The molecule has 148 valence electrons. The van der Waals surface area contributed by atoms with E-state index < -0.39 is 5.91 Å². The molecule has 1 fully saturated rings. The zero-order valence-electron chi connectivity index (χ0n) is 15.6. The summed E-state index contributed by atoms with van der Waals surface area (Å²) in [6, 6.07) is 3.19. The summed E-state index contributed by atoms with van der Waals surface area (Å²) in [6.07, 6.45) is 4.76. The fourth-order valence-corrected chi connectivity index (χ4v) is 2.92. The van der Waals surface area contributed by atoms with E-state index in [-0.39, 0.29) is 6.03 Å². The predicted molar refractivity (Wildman–Crippen MR) is 105 cm³/mol. The van der Waals surface area contributed by atoms with Crippen LogP contribution in [0.15, 0.2) is 30.7 Å². The van der Waals surface area contributed by atoms with Crippen molar-refractivity contribution in [3.05, 3.63) is 36.3 Å². The van der Waals surface area contributed by atoms with Gasteiger partial charge >= 0.3 is 6.03 Å². The van der Waals surface area contributed by atoms with Crippen LogP contribution in [0.25, 0.3) is 11.1 Å². The molecule has 2 aromatic heterocycles. The maximum Gasteiger partial charge on any atom is 0.320 e. The van der Waals surface area contributed by atoms with Crippen LogP contribution in [0.4, 0.5) is 16.3 Å². The molecule has 0 saturated carbocycles. The van der Waals surface area contributed by atoms with Crippen LogP contribution in [0.5, 0.6) is 0 Å². The molecule has 3 rings (SSSR count). The van der Waals surface area contributed by atoms with Crippen LogP contribution in [-0.4, -0.2) is 54.8 Å². The first-order chi connectivity index (χ1) is 13.6. The van der Waals surface area contributed by atoms with Crippen LogP contribution >= 0.6 is 0 Å². The molecule has 28 heavy (non-hydrogen) atoms. The van der Waals surface area contributed by atoms with E-state index in [4.69, 9.17) is 10.6 Å². The van der Waals surface area contributed by atoms with Crippen LogP contribution in [0.2, 0.25) is 0 Å². The lowest BCUT2D eigenvalue weighted by atomic mass is 10.0. The minimum Gasteiger partial charge on any atom is -0.378 e. The van der Waals surface area contributed by atoms with E-state index in [1.165, 1.54) is 6.20 Å². The summed E-state index contributed by atoms with van der Waals surface area (Å²) in [5, 5.41) is 5.40. The Kier molecular flexibility index (Phi) is 6.35. The first-order valence-corrected chi connectivity index (χ1v) is 8.96. The van der Waals surface area contributed by atoms with Gasteiger partial charge in [-0.1, -0.05) is 0 Å². The molecule has 0 spiro atoms. The van der Waals surface area contributed by atoms with Gasteiger partial charge in [-0.05, 0) is 13.0 Å². The van der Waals surface area contributed by atoms with E-state index in [2.05, 4.69) is 30.9 Å². The molecule has 1 aliphatic rings. The van der Waals surface area contributed by atoms with Gasteiger partial charge in [0.2, 0.25) is 0 Å². The van der Waals surface area contributed by atoms with E-state index in [9.17, 15) is 9.59 Å². The number of morpholine rings is 1. The molecule has 5 N–H and O–H groups in total. The Bertz CT molecular complexity index is 853. The third-order valence-corrected chi connectivity index (χ3v) is 4.26. The maximum absolute atomic E-state index is 11.8. The number of aromatic nitrogens is 2. The quantitative estimate of drug-likeness (QED) is 0.338. The summed E-state index contributed by atoms with van der Waals surface area (Å²) in [7, 11) is 0. The minimum atomic E-state index is -0.426. The average molecular weight is 385 g/mol. The molecule has 3 amide bonds. The number of rotatable bonds is 5. The average Bonchev–Trinajstić information content (AvgIpc) is 2.74. The summed E-state index contributed by atoms with van der Waals surface area (Å²) in [4.78, 5) is 34.3. The van der Waals surface area contributed by atoms with Crippen LogP contribution in [-0.2, 0) is 4.74 Å². The molecule has 0 aliphatic carbocycles. The van der Waals surface area contributed by atoms with Crippen LogP contribution in [0, 0.1) is 0 Å². The molecule has 0 aromatic carbocycles. The van der Waals surface area contributed by atoms with Crippen molar-refractivity contribution >= 4 is 23.4 Å². The van der Waals surface area contributed by atoms with Gasteiger partial charge in [0.15, 0.2) is 0 Å². The number of amides is 3. The summed E-state index contributed by atoms with van der Waals surface area (Å²) in [5.74, 6) is 5.23. The molecule has 10 nitrogen and oxygen atoms in total. The summed E-state index contributed by atoms with van der Waals surface area (Å²) < 4.78 is 5.44. The number of carbonyl (C=O) groups is 2. The maximum atomic E-state index is 11.8. The topological polar surface area (TPSA) is 134 Å². The predicted octanol–water partition coefficient (Wildman–Crippen LogP) is 0.725. The molecule has 0 atom stereocenters. The Balaban J connectivity index is 1.99. The number of hydrazine groups is 1. The highest BCUT2D eigenvalue weighted by Crippen LogP contribution is 2.32. The number of nitrogens with one attached hydrogen (secondary N) is 3. The zero-order valence-corrected chi connectivity index (χ0v) is 15.6. The SMILES string of the molecule is CCNC(=O)Nc1cc(N2CCOCC2)c(-c2cncc(C(=O)NN)c2)cn1. The standard InChI is InChI=1S/C18H23N7O3/c1-2-21-18(27)23-16-8-15(25-3-5-28-6-4-25)14(11-22-16)12-7-13(10-20-9-12)17(26)24-19/h7-11H,2-6,19H2,1H3,(H,24,26)(H2,21,22,23,27). The Morgan fingerprint density at radius 3 is 2.71 bits per heavy atom. The lowest BCUT2D eigenvalue weighted by molar-refractivity contribution is 0.0953. The lowest BCUT2D eigenvalue weighted by Gasteiger charge is -2.30. The molecule has 1 saturated heterocycles. The Labute approximate surface area is 162 Å². The van der Waals surface area contributed by atoms with Crippen molar-refractivity contribution in [1.29, 1.82) is 0 Å². The molecular weight excluding hydrogens is 362 g/mol. The number of pyridine rings is 2. The first kappa shape index (κ1) is 19.5. The van der Waals surface area contributed by atoms with Gasteiger partial charge in [-0.15, -0.1) is 0 Å². The van der Waals surface area contributed by atoms with Gasteiger partial charge in [0, 0.05) is 55.4 Å². The third-order valence-electron chi connectivity index (χ3n) is 4.26. The first-order valence-electron chi connectivity index (χ1n) is 8.96. The molecule has 0 radical (unpaired) electrons. The van der Waals surface area contributed by atoms with Crippen molar-refractivity contribution in [2.24, 2.45) is 5.84 Å². The number of nitrogens with zero attached hydrogens (tertiary/aromatic N) is 3. The van der Waals surface area contributed by atoms with Crippen molar-refractivity contribution in [3.8, 4) is 11.1 Å². The highest BCUT2D eigenvalue weighted by atomic mass is 16.5. The fourth-order valence-electron chi connectivity index (χ4n) is 2.92. The number of nitrogen functional groups attached to an aromatic ring is 1. The molecule has 0 unspecified atom stereocenters. The van der Waals surface area contributed by atoms with Crippen LogP contribution in [0.3, 0.4) is 0 Å². The monoisotopic (exact) mass is 385 g/mol. The third kappa shape index (κ3) is 4.53. The van der Waals surface area contributed by atoms with E-state index >= 15 is 0 Å². The Morgan fingerprint density at radius 2 is 2.00 bits per heavy atom. The van der Waals surface area contributed by atoms with Gasteiger partial charge in [-0.2, -0.15) is 0 Å². The normalized spacial score (nSPS) is 13.7. The van der Waals surface area contributed by atoms with Gasteiger partial charge in [0.25, 0.3) is 5.91 Å². The zero-order chi connectivity index (χ0) is 19.9. The van der Waals surface area contributed by atoms with Crippen molar-refractivity contribution < 1.29 is 14.3 Å². The van der Waals surface area contributed by atoms with E-state index in [0.717, 1.165) is 16.8 Å². The second kappa shape index (κ2) is 9.11. The molecule has 3 heterocycles. The summed E-state index contributed by atoms with van der Waals surface area (Å²) in [6.45, 7) is 4.97. The van der Waals surface area contributed by atoms with Gasteiger partial charge in [-0.25, -0.2) is 15.6 Å². The van der Waals surface area contributed by atoms with Gasteiger partial charge < -0.3 is 15.0 Å². The number of nitrogens with two attached hydrogens (primary N) is 1. The van der Waals surface area contributed by atoms with Gasteiger partial charge in [0.1, 0.15) is 5.82 Å². The Hall–Kier alpha value is -3.24. The highest BCUT2D eigenvalue weighted by molar-refractivity contribution is 5.95. The number of carbonyl (C=O) groups excluding carboxylic acids is 2.